The van der Waals surface area contributed by atoms with Crippen molar-refractivity contribution in [3.8, 4) is 0 Å². The molecule has 1 atom stereocenters. The SMILES string of the molecule is CCCN(CC1CCCCO1)S(=O)(=O)c1cc(Cl)ccc1[N+](=O)[O-]. The molecule has 1 aromatic carbocycles. The van der Waals surface area contributed by atoms with E-state index < -0.39 is 20.6 Å². The number of ether oxygens (including phenoxy) is 1. The van der Waals surface area contributed by atoms with Gasteiger partial charge in [0.05, 0.1) is 11.0 Å². The molecule has 0 spiro atoms. The first kappa shape index (κ1) is 19.1. The van der Waals surface area contributed by atoms with Gasteiger partial charge in [-0.25, -0.2) is 8.42 Å². The predicted molar refractivity (Wildman–Crippen MR) is 90.7 cm³/mol. The quantitative estimate of drug-likeness (QED) is 0.538. The van der Waals surface area contributed by atoms with Gasteiger partial charge in [-0.15, -0.1) is 0 Å². The van der Waals surface area contributed by atoms with E-state index in [9.17, 15) is 18.5 Å². The molecule has 1 aromatic rings. The number of halogens is 1. The number of hydrogen-bond donors (Lipinski definition) is 0. The average molecular weight is 377 g/mol. The van der Waals surface area contributed by atoms with E-state index in [0.29, 0.717) is 13.0 Å². The number of hydrogen-bond acceptors (Lipinski definition) is 5. The Balaban J connectivity index is 2.37. The molecule has 1 fully saturated rings. The van der Waals surface area contributed by atoms with Crippen LogP contribution in [-0.2, 0) is 14.8 Å². The first-order valence-electron chi connectivity index (χ1n) is 7.92. The largest absolute Gasteiger partial charge is 0.377 e. The van der Waals surface area contributed by atoms with Gasteiger partial charge in [-0.05, 0) is 37.8 Å². The van der Waals surface area contributed by atoms with Crippen LogP contribution in [0.15, 0.2) is 23.1 Å². The Hall–Kier alpha value is -1.22. The van der Waals surface area contributed by atoms with Gasteiger partial charge in [0.1, 0.15) is 0 Å². The lowest BCUT2D eigenvalue weighted by atomic mass is 10.1. The van der Waals surface area contributed by atoms with E-state index in [1.54, 1.807) is 0 Å². The van der Waals surface area contributed by atoms with Crippen LogP contribution in [0.1, 0.15) is 32.6 Å². The number of sulfonamides is 1. The lowest BCUT2D eigenvalue weighted by Crippen LogP contribution is -2.40. The van der Waals surface area contributed by atoms with Crippen molar-refractivity contribution in [2.45, 2.75) is 43.6 Å². The summed E-state index contributed by atoms with van der Waals surface area (Å²) < 4.78 is 32.8. The molecule has 0 radical (unpaired) electrons. The van der Waals surface area contributed by atoms with Crippen molar-refractivity contribution in [1.82, 2.24) is 4.31 Å². The molecule has 0 aromatic heterocycles. The minimum atomic E-state index is -4.03. The van der Waals surface area contributed by atoms with Crippen LogP contribution in [0, 0.1) is 10.1 Å². The first-order valence-corrected chi connectivity index (χ1v) is 9.73. The van der Waals surface area contributed by atoms with E-state index in [1.807, 2.05) is 6.92 Å². The molecule has 0 bridgehead atoms. The third-order valence-corrected chi connectivity index (χ3v) is 6.02. The van der Waals surface area contributed by atoms with E-state index in [2.05, 4.69) is 0 Å². The van der Waals surface area contributed by atoms with Gasteiger partial charge in [-0.2, -0.15) is 4.31 Å². The van der Waals surface area contributed by atoms with Gasteiger partial charge in [-0.1, -0.05) is 18.5 Å². The second-order valence-corrected chi connectivity index (χ2v) is 8.06. The fourth-order valence-corrected chi connectivity index (χ4v) is 4.71. The van der Waals surface area contributed by atoms with Crippen molar-refractivity contribution in [2.24, 2.45) is 0 Å². The molecule has 7 nitrogen and oxygen atoms in total. The summed E-state index contributed by atoms with van der Waals surface area (Å²) in [5, 5.41) is 11.3. The second-order valence-electron chi connectivity index (χ2n) is 5.72. The van der Waals surface area contributed by atoms with Crippen LogP contribution in [0.25, 0.3) is 0 Å². The molecule has 2 rings (SSSR count). The van der Waals surface area contributed by atoms with Crippen LogP contribution in [0.3, 0.4) is 0 Å². The number of benzene rings is 1. The Labute approximate surface area is 146 Å². The summed E-state index contributed by atoms with van der Waals surface area (Å²) in [6, 6.07) is 3.57. The summed E-state index contributed by atoms with van der Waals surface area (Å²) in [5.74, 6) is 0. The van der Waals surface area contributed by atoms with Gasteiger partial charge in [0, 0.05) is 30.8 Å². The van der Waals surface area contributed by atoms with Crippen LogP contribution in [0.5, 0.6) is 0 Å². The summed E-state index contributed by atoms with van der Waals surface area (Å²) in [4.78, 5) is 10.1. The Bertz CT molecular complexity index is 689. The van der Waals surface area contributed by atoms with Crippen LogP contribution in [-0.4, -0.2) is 43.4 Å². The van der Waals surface area contributed by atoms with Crippen molar-refractivity contribution < 1.29 is 18.1 Å². The molecule has 0 N–H and O–H groups in total. The van der Waals surface area contributed by atoms with Gasteiger partial charge in [0.25, 0.3) is 5.69 Å². The van der Waals surface area contributed by atoms with E-state index in [0.717, 1.165) is 31.4 Å². The highest BCUT2D eigenvalue weighted by molar-refractivity contribution is 7.89. The van der Waals surface area contributed by atoms with Crippen molar-refractivity contribution >= 4 is 27.3 Å². The van der Waals surface area contributed by atoms with Crippen LogP contribution in [0.4, 0.5) is 5.69 Å². The van der Waals surface area contributed by atoms with Crippen molar-refractivity contribution in [3.63, 3.8) is 0 Å². The Morgan fingerprint density at radius 2 is 2.17 bits per heavy atom. The molecule has 0 amide bonds. The van der Waals surface area contributed by atoms with E-state index in [1.165, 1.54) is 10.4 Å². The fourth-order valence-electron chi connectivity index (χ4n) is 2.72. The van der Waals surface area contributed by atoms with E-state index in [-0.39, 0.29) is 29.1 Å². The topological polar surface area (TPSA) is 89.8 Å². The monoisotopic (exact) mass is 376 g/mol. The highest BCUT2D eigenvalue weighted by Gasteiger charge is 2.33. The first-order chi connectivity index (χ1) is 11.4. The molecule has 0 aliphatic carbocycles. The molecule has 9 heteroatoms. The molecular weight excluding hydrogens is 356 g/mol. The maximum absolute atomic E-state index is 13.0. The number of nitro benzene ring substituents is 1. The summed E-state index contributed by atoms with van der Waals surface area (Å²) >= 11 is 5.87. The molecule has 1 heterocycles. The fraction of sp³-hybridized carbons (Fsp3) is 0.600. The lowest BCUT2D eigenvalue weighted by molar-refractivity contribution is -0.387. The molecule has 134 valence electrons. The van der Waals surface area contributed by atoms with Gasteiger partial charge in [0.2, 0.25) is 10.0 Å². The van der Waals surface area contributed by atoms with E-state index >= 15 is 0 Å². The number of nitro groups is 1. The van der Waals surface area contributed by atoms with Gasteiger partial charge < -0.3 is 4.74 Å². The molecule has 0 saturated carbocycles. The van der Waals surface area contributed by atoms with Gasteiger partial charge in [0.15, 0.2) is 4.90 Å². The average Bonchev–Trinajstić information content (AvgIpc) is 2.55. The summed E-state index contributed by atoms with van der Waals surface area (Å²) in [6.45, 7) is 2.93. The predicted octanol–water partition coefficient (Wildman–Crippen LogP) is 3.22. The highest BCUT2D eigenvalue weighted by Crippen LogP contribution is 2.30. The van der Waals surface area contributed by atoms with Gasteiger partial charge in [-0.3, -0.25) is 10.1 Å². The smallest absolute Gasteiger partial charge is 0.289 e. The maximum Gasteiger partial charge on any atom is 0.289 e. The standard InChI is InChI=1S/C15H21ClN2O5S/c1-2-8-17(11-13-5-3-4-9-23-13)24(21,22)15-10-12(16)6-7-14(15)18(19)20/h6-7,10,13H,2-5,8-9,11H2,1H3. The van der Waals surface area contributed by atoms with Crippen LogP contribution >= 0.6 is 11.6 Å². The van der Waals surface area contributed by atoms with Crippen LogP contribution in [0.2, 0.25) is 5.02 Å². The zero-order chi connectivity index (χ0) is 17.7. The summed E-state index contributed by atoms with van der Waals surface area (Å²) in [5.41, 5.74) is -0.468. The summed E-state index contributed by atoms with van der Waals surface area (Å²) in [7, 11) is -4.03. The van der Waals surface area contributed by atoms with Crippen molar-refractivity contribution in [2.75, 3.05) is 19.7 Å². The Morgan fingerprint density at radius 3 is 2.75 bits per heavy atom. The van der Waals surface area contributed by atoms with Crippen molar-refractivity contribution in [3.05, 3.63) is 33.3 Å². The molecule has 1 saturated heterocycles. The Morgan fingerprint density at radius 1 is 1.42 bits per heavy atom. The molecular formula is C15H21ClN2O5S. The third kappa shape index (κ3) is 4.44. The van der Waals surface area contributed by atoms with Crippen molar-refractivity contribution in [1.29, 1.82) is 0 Å². The van der Waals surface area contributed by atoms with E-state index in [4.69, 9.17) is 16.3 Å². The lowest BCUT2D eigenvalue weighted by Gasteiger charge is -2.29. The third-order valence-electron chi connectivity index (χ3n) is 3.89. The maximum atomic E-state index is 13.0. The zero-order valence-electron chi connectivity index (χ0n) is 13.5. The van der Waals surface area contributed by atoms with Gasteiger partial charge >= 0.3 is 0 Å². The number of rotatable bonds is 7. The minimum absolute atomic E-state index is 0.143. The number of nitrogens with zero attached hydrogens (tertiary/aromatic N) is 2. The zero-order valence-corrected chi connectivity index (χ0v) is 15.1. The minimum Gasteiger partial charge on any atom is -0.377 e. The molecule has 24 heavy (non-hydrogen) atoms. The molecule has 1 unspecified atom stereocenters. The summed E-state index contributed by atoms with van der Waals surface area (Å²) in [6.07, 6.45) is 3.16. The Kier molecular flexibility index (Phi) is 6.56. The normalized spacial score (nSPS) is 18.7. The molecule has 1 aliphatic heterocycles. The second kappa shape index (κ2) is 8.24. The van der Waals surface area contributed by atoms with Crippen LogP contribution < -0.4 is 0 Å². The highest BCUT2D eigenvalue weighted by atomic mass is 35.5. The molecule has 1 aliphatic rings.